The van der Waals surface area contributed by atoms with Gasteiger partial charge in [0.25, 0.3) is 0 Å². The van der Waals surface area contributed by atoms with Gasteiger partial charge >= 0.3 is 6.09 Å². The molecule has 2 N–H and O–H groups in total. The monoisotopic (exact) mass is 338 g/mol. The minimum atomic E-state index is -0.537. The third-order valence-electron chi connectivity index (χ3n) is 4.23. The summed E-state index contributed by atoms with van der Waals surface area (Å²) in [5.41, 5.74) is 0.117. The van der Waals surface area contributed by atoms with Crippen LogP contribution in [0, 0.1) is 5.82 Å². The molecule has 1 aromatic rings. The van der Waals surface area contributed by atoms with Crippen molar-refractivity contribution in [2.45, 2.75) is 58.3 Å². The Hall–Kier alpha value is -1.82. The van der Waals surface area contributed by atoms with Crippen molar-refractivity contribution in [2.75, 3.05) is 18.0 Å². The van der Waals surface area contributed by atoms with Gasteiger partial charge in [-0.15, -0.1) is 0 Å². The molecule has 2 rings (SSSR count). The molecule has 1 heterocycles. The molecule has 5 nitrogen and oxygen atoms in total. The van der Waals surface area contributed by atoms with Gasteiger partial charge in [-0.05, 0) is 46.6 Å². The lowest BCUT2D eigenvalue weighted by molar-refractivity contribution is 0.0448. The van der Waals surface area contributed by atoms with E-state index in [1.54, 1.807) is 12.1 Å². The number of anilines is 1. The van der Waals surface area contributed by atoms with Crippen molar-refractivity contribution in [1.29, 1.82) is 0 Å². The highest BCUT2D eigenvalue weighted by Crippen LogP contribution is 2.31. The molecule has 1 aliphatic rings. The molecule has 6 heteroatoms. The smallest absolute Gasteiger partial charge is 0.408 e. The van der Waals surface area contributed by atoms with Crippen LogP contribution in [0.3, 0.4) is 0 Å². The number of ether oxygens (including phenoxy) is 1. The number of rotatable bonds is 3. The molecule has 1 aliphatic heterocycles. The number of carbonyl (C=O) groups excluding carboxylic acids is 1. The molecule has 0 saturated carbocycles. The highest BCUT2D eigenvalue weighted by Gasteiger charge is 2.34. The Morgan fingerprint density at radius 1 is 1.38 bits per heavy atom. The van der Waals surface area contributed by atoms with Crippen LogP contribution in [0.4, 0.5) is 14.9 Å². The van der Waals surface area contributed by atoms with Gasteiger partial charge in [0, 0.05) is 24.2 Å². The summed E-state index contributed by atoms with van der Waals surface area (Å²) in [5, 5.41) is 12.4. The van der Waals surface area contributed by atoms with Crippen molar-refractivity contribution in [3.8, 4) is 0 Å². The molecule has 0 aromatic heterocycles. The quantitative estimate of drug-likeness (QED) is 0.888. The molecule has 0 atom stereocenters. The van der Waals surface area contributed by atoms with E-state index in [0.29, 0.717) is 37.2 Å². The van der Waals surface area contributed by atoms with E-state index >= 15 is 0 Å². The molecule has 0 bridgehead atoms. The third-order valence-corrected chi connectivity index (χ3v) is 4.23. The van der Waals surface area contributed by atoms with Crippen LogP contribution in [0.2, 0.25) is 0 Å². The molecular weight excluding hydrogens is 311 g/mol. The predicted octanol–water partition coefficient (Wildman–Crippen LogP) is 3.20. The molecule has 1 aromatic carbocycles. The van der Waals surface area contributed by atoms with Crippen molar-refractivity contribution in [2.24, 2.45) is 0 Å². The number of nitrogens with one attached hydrogen (secondary N) is 1. The second-order valence-corrected chi connectivity index (χ2v) is 7.58. The SMILES string of the molecule is CC1(NC(=O)OC(C)(C)C)CCN(c2c(F)cccc2CO)CC1. The van der Waals surface area contributed by atoms with Crippen LogP contribution in [-0.4, -0.2) is 35.4 Å². The van der Waals surface area contributed by atoms with Crippen molar-refractivity contribution in [1.82, 2.24) is 5.32 Å². The number of alkyl carbamates (subject to hydrolysis) is 1. The highest BCUT2D eigenvalue weighted by molar-refractivity contribution is 5.69. The molecule has 0 unspecified atom stereocenters. The first kappa shape index (κ1) is 18.5. The predicted molar refractivity (Wildman–Crippen MR) is 91.5 cm³/mol. The average Bonchev–Trinajstić information content (AvgIpc) is 2.45. The Morgan fingerprint density at radius 3 is 2.54 bits per heavy atom. The summed E-state index contributed by atoms with van der Waals surface area (Å²) >= 11 is 0. The van der Waals surface area contributed by atoms with E-state index in [4.69, 9.17) is 4.74 Å². The number of aliphatic hydroxyl groups is 1. The van der Waals surface area contributed by atoms with Crippen LogP contribution < -0.4 is 10.2 Å². The summed E-state index contributed by atoms with van der Waals surface area (Å²) in [5.74, 6) is -0.328. The second kappa shape index (κ2) is 6.97. The van der Waals surface area contributed by atoms with Crippen LogP contribution in [-0.2, 0) is 11.3 Å². The summed E-state index contributed by atoms with van der Waals surface area (Å²) in [6, 6.07) is 4.73. The van der Waals surface area contributed by atoms with Crippen molar-refractivity contribution >= 4 is 11.8 Å². The third kappa shape index (κ3) is 4.60. The first-order chi connectivity index (χ1) is 11.1. The first-order valence-corrected chi connectivity index (χ1v) is 8.28. The lowest BCUT2D eigenvalue weighted by Crippen LogP contribution is -2.54. The fourth-order valence-electron chi connectivity index (χ4n) is 2.94. The number of amides is 1. The number of halogens is 1. The van der Waals surface area contributed by atoms with E-state index in [2.05, 4.69) is 5.32 Å². The molecule has 0 spiro atoms. The second-order valence-electron chi connectivity index (χ2n) is 7.58. The van der Waals surface area contributed by atoms with Gasteiger partial charge in [-0.3, -0.25) is 0 Å². The van der Waals surface area contributed by atoms with E-state index in [0.717, 1.165) is 0 Å². The number of para-hydroxylation sites is 1. The molecule has 1 amide bonds. The average molecular weight is 338 g/mol. The van der Waals surface area contributed by atoms with Crippen molar-refractivity contribution < 1.29 is 19.0 Å². The Labute approximate surface area is 142 Å². The molecule has 0 aliphatic carbocycles. The van der Waals surface area contributed by atoms with Gasteiger partial charge in [-0.1, -0.05) is 12.1 Å². The number of carbonyl (C=O) groups is 1. The molecule has 0 radical (unpaired) electrons. The summed E-state index contributed by atoms with van der Waals surface area (Å²) in [7, 11) is 0. The largest absolute Gasteiger partial charge is 0.444 e. The fraction of sp³-hybridized carbons (Fsp3) is 0.611. The van der Waals surface area contributed by atoms with Gasteiger partial charge in [0.05, 0.1) is 12.3 Å². The minimum Gasteiger partial charge on any atom is -0.444 e. The van der Waals surface area contributed by atoms with Gasteiger partial charge in [0.1, 0.15) is 11.4 Å². The first-order valence-electron chi connectivity index (χ1n) is 8.28. The van der Waals surface area contributed by atoms with Gasteiger partial charge in [-0.25, -0.2) is 9.18 Å². The van der Waals surface area contributed by atoms with Crippen molar-refractivity contribution in [3.63, 3.8) is 0 Å². The maximum atomic E-state index is 14.2. The van der Waals surface area contributed by atoms with E-state index < -0.39 is 11.7 Å². The highest BCUT2D eigenvalue weighted by atomic mass is 19.1. The van der Waals surface area contributed by atoms with Crippen LogP contribution in [0.15, 0.2) is 18.2 Å². The zero-order valence-electron chi connectivity index (χ0n) is 14.9. The van der Waals surface area contributed by atoms with E-state index in [9.17, 15) is 14.3 Å². The Bertz CT molecular complexity index is 590. The standard InChI is InChI=1S/C18H27FN2O3/c1-17(2,3)24-16(23)20-18(4)8-10-21(11-9-18)15-13(12-22)6-5-7-14(15)19/h5-7,22H,8-12H2,1-4H3,(H,20,23). The summed E-state index contributed by atoms with van der Waals surface area (Å²) < 4.78 is 19.5. The molecule has 24 heavy (non-hydrogen) atoms. The zero-order chi connectivity index (χ0) is 18.0. The van der Waals surface area contributed by atoms with Crippen molar-refractivity contribution in [3.05, 3.63) is 29.6 Å². The Balaban J connectivity index is 2.02. The fourth-order valence-corrected chi connectivity index (χ4v) is 2.94. The normalized spacial score (nSPS) is 17.5. The van der Waals surface area contributed by atoms with Crippen LogP contribution in [0.1, 0.15) is 46.1 Å². The molecule has 134 valence electrons. The van der Waals surface area contributed by atoms with E-state index in [1.807, 2.05) is 32.6 Å². The van der Waals surface area contributed by atoms with Crippen LogP contribution in [0.25, 0.3) is 0 Å². The summed E-state index contributed by atoms with van der Waals surface area (Å²) in [4.78, 5) is 13.9. The lowest BCUT2D eigenvalue weighted by atomic mass is 9.89. The lowest BCUT2D eigenvalue weighted by Gasteiger charge is -2.41. The number of piperidine rings is 1. The maximum Gasteiger partial charge on any atom is 0.408 e. The van der Waals surface area contributed by atoms with Crippen LogP contribution in [0.5, 0.6) is 0 Å². The number of nitrogens with zero attached hydrogens (tertiary/aromatic N) is 1. The topological polar surface area (TPSA) is 61.8 Å². The molecule has 1 fully saturated rings. The van der Waals surface area contributed by atoms with Gasteiger partial charge < -0.3 is 20.1 Å². The Morgan fingerprint density at radius 2 is 2.00 bits per heavy atom. The van der Waals surface area contributed by atoms with Gasteiger partial charge in [0.15, 0.2) is 0 Å². The number of benzene rings is 1. The number of hydrogen-bond acceptors (Lipinski definition) is 4. The summed E-state index contributed by atoms with van der Waals surface area (Å²) in [6.07, 6.45) is 0.914. The van der Waals surface area contributed by atoms with E-state index in [-0.39, 0.29) is 18.0 Å². The molecule has 1 saturated heterocycles. The number of hydrogen-bond donors (Lipinski definition) is 2. The molecular formula is C18H27FN2O3. The Kier molecular flexibility index (Phi) is 5.38. The number of aliphatic hydroxyl groups excluding tert-OH is 1. The van der Waals surface area contributed by atoms with Gasteiger partial charge in [-0.2, -0.15) is 0 Å². The maximum absolute atomic E-state index is 14.2. The summed E-state index contributed by atoms with van der Waals surface area (Å²) in [6.45, 7) is 8.45. The van der Waals surface area contributed by atoms with Gasteiger partial charge in [0.2, 0.25) is 0 Å². The van der Waals surface area contributed by atoms with E-state index in [1.165, 1.54) is 6.07 Å². The van der Waals surface area contributed by atoms with Crippen LogP contribution >= 0.6 is 0 Å². The zero-order valence-corrected chi connectivity index (χ0v) is 14.9. The minimum absolute atomic E-state index is 0.197.